The average molecular weight is 247 g/mol. The monoisotopic (exact) mass is 247 g/mol. The van der Waals surface area contributed by atoms with Gasteiger partial charge in [-0.15, -0.1) is 4.91 Å². The molecular formula is C7H4N4NaO3S+. The first kappa shape index (κ1) is 13.0. The van der Waals surface area contributed by atoms with Gasteiger partial charge in [-0.25, -0.2) is 10.4 Å². The summed E-state index contributed by atoms with van der Waals surface area (Å²) in [5.74, 6) is 0. The summed E-state index contributed by atoms with van der Waals surface area (Å²) in [6.07, 6.45) is 0. The van der Waals surface area contributed by atoms with Crippen molar-refractivity contribution in [3.05, 3.63) is 33.2 Å². The molecule has 2 aromatic rings. The molecule has 1 aromatic heterocycles. The number of aromatic nitrogens is 1. The number of non-ortho nitro benzene ring substituents is 1. The molecule has 7 nitrogen and oxygen atoms in total. The molecule has 1 N–H and O–H groups in total. The molecule has 0 bridgehead atoms. The number of nitroso groups, excluding NO2 is 1. The second kappa shape index (κ2) is 5.30. The van der Waals surface area contributed by atoms with Crippen molar-refractivity contribution >= 4 is 32.4 Å². The van der Waals surface area contributed by atoms with E-state index in [-0.39, 0.29) is 35.2 Å². The molecule has 76 valence electrons. The van der Waals surface area contributed by atoms with Crippen LogP contribution in [-0.4, -0.2) is 9.91 Å². The number of hydrogen-bond acceptors (Lipinski definition) is 6. The van der Waals surface area contributed by atoms with E-state index in [0.717, 1.165) is 11.3 Å². The quantitative estimate of drug-likeness (QED) is 0.335. The number of nitro groups is 1. The van der Waals surface area contributed by atoms with Gasteiger partial charge in [-0.3, -0.25) is 10.1 Å². The van der Waals surface area contributed by atoms with E-state index in [4.69, 9.17) is 0 Å². The minimum atomic E-state index is -0.482. The maximum atomic E-state index is 10.5. The summed E-state index contributed by atoms with van der Waals surface area (Å²) in [4.78, 5) is 23.9. The minimum absolute atomic E-state index is 0. The Morgan fingerprint density at radius 2 is 2.25 bits per heavy atom. The van der Waals surface area contributed by atoms with Gasteiger partial charge >= 0.3 is 29.6 Å². The normalized spacial score (nSPS) is 9.50. The summed E-state index contributed by atoms with van der Waals surface area (Å²) in [6, 6.07) is 4.29. The molecule has 1 aromatic carbocycles. The third kappa shape index (κ3) is 2.53. The predicted molar refractivity (Wildman–Crippen MR) is 55.7 cm³/mol. The Hall–Kier alpha value is -1.09. The van der Waals surface area contributed by atoms with Gasteiger partial charge in [0.1, 0.15) is 0 Å². The first-order valence-electron chi connectivity index (χ1n) is 3.84. The molecule has 16 heavy (non-hydrogen) atoms. The molecular weight excluding hydrogens is 243 g/mol. The van der Waals surface area contributed by atoms with Gasteiger partial charge in [0.2, 0.25) is 5.13 Å². The van der Waals surface area contributed by atoms with Crippen molar-refractivity contribution < 1.29 is 34.5 Å². The summed E-state index contributed by atoms with van der Waals surface area (Å²) in [5.41, 5.74) is 2.74. The molecule has 0 unspecified atom stereocenters. The summed E-state index contributed by atoms with van der Waals surface area (Å²) >= 11 is 1.13. The molecule has 0 aliphatic carbocycles. The van der Waals surface area contributed by atoms with Gasteiger partial charge in [-0.05, 0) is 6.07 Å². The first-order valence-corrected chi connectivity index (χ1v) is 4.65. The third-order valence-electron chi connectivity index (χ3n) is 1.72. The van der Waals surface area contributed by atoms with E-state index in [0.29, 0.717) is 15.3 Å². The second-order valence-electron chi connectivity index (χ2n) is 2.63. The number of hydrogen-bond donors (Lipinski definition) is 1. The van der Waals surface area contributed by atoms with Crippen LogP contribution in [0.4, 0.5) is 10.8 Å². The van der Waals surface area contributed by atoms with Crippen molar-refractivity contribution in [3.63, 3.8) is 0 Å². The summed E-state index contributed by atoms with van der Waals surface area (Å²) in [7, 11) is 0. The Labute approximate surface area is 115 Å². The number of nitrogens with one attached hydrogen (secondary N) is 1. The summed E-state index contributed by atoms with van der Waals surface area (Å²) in [5, 5.41) is 13.3. The standard InChI is InChI=1S/C7H4N4O3S.Na/c12-10-9-7-8-5-2-1-4(11(13)14)3-6(5)15-7;/h1-3H,(H,8,9,12);/q;+1. The fourth-order valence-corrected chi connectivity index (χ4v) is 1.95. The van der Waals surface area contributed by atoms with E-state index in [1.807, 2.05) is 0 Å². The van der Waals surface area contributed by atoms with Crippen molar-refractivity contribution in [3.8, 4) is 0 Å². The van der Waals surface area contributed by atoms with Gasteiger partial charge in [0.25, 0.3) is 5.69 Å². The minimum Gasteiger partial charge on any atom is -0.258 e. The molecule has 0 aliphatic rings. The number of nitrogens with zero attached hydrogens (tertiary/aromatic N) is 3. The van der Waals surface area contributed by atoms with E-state index in [2.05, 4.69) is 15.7 Å². The number of anilines is 1. The van der Waals surface area contributed by atoms with Crippen molar-refractivity contribution in [1.29, 1.82) is 0 Å². The van der Waals surface area contributed by atoms with Crippen LogP contribution in [0.1, 0.15) is 0 Å². The maximum absolute atomic E-state index is 10.5. The Bertz CT molecular complexity index is 543. The average Bonchev–Trinajstić information content (AvgIpc) is 2.59. The van der Waals surface area contributed by atoms with Crippen LogP contribution in [0.15, 0.2) is 23.5 Å². The van der Waals surface area contributed by atoms with E-state index >= 15 is 0 Å². The van der Waals surface area contributed by atoms with E-state index in [1.165, 1.54) is 18.2 Å². The fraction of sp³-hybridized carbons (Fsp3) is 0. The van der Waals surface area contributed by atoms with Crippen LogP contribution in [0, 0.1) is 15.0 Å². The van der Waals surface area contributed by atoms with Crippen molar-refractivity contribution in [1.82, 2.24) is 4.98 Å². The van der Waals surface area contributed by atoms with E-state index in [9.17, 15) is 15.0 Å². The number of fused-ring (bicyclic) bond motifs is 1. The van der Waals surface area contributed by atoms with Gasteiger partial charge in [0.05, 0.1) is 20.4 Å². The van der Waals surface area contributed by atoms with E-state index in [1.54, 1.807) is 0 Å². The van der Waals surface area contributed by atoms with Crippen LogP contribution in [0.2, 0.25) is 0 Å². The number of thiazole rings is 1. The zero-order valence-electron chi connectivity index (χ0n) is 8.21. The van der Waals surface area contributed by atoms with Crippen LogP contribution in [-0.2, 0) is 0 Å². The second-order valence-corrected chi connectivity index (χ2v) is 3.66. The van der Waals surface area contributed by atoms with Crippen LogP contribution in [0.25, 0.3) is 10.2 Å². The Morgan fingerprint density at radius 1 is 1.50 bits per heavy atom. The Kier molecular flexibility index (Phi) is 4.30. The van der Waals surface area contributed by atoms with Gasteiger partial charge in [0.15, 0.2) is 0 Å². The SMILES string of the molecule is O=NNc1nc2ccc([N+](=O)[O-])cc2s1.[Na+]. The smallest absolute Gasteiger partial charge is 0.258 e. The molecule has 0 atom stereocenters. The molecule has 0 radical (unpaired) electrons. The van der Waals surface area contributed by atoms with Crippen LogP contribution >= 0.6 is 11.3 Å². The molecule has 9 heteroatoms. The number of benzene rings is 1. The molecule has 0 saturated heterocycles. The zero-order chi connectivity index (χ0) is 10.8. The fourth-order valence-electron chi connectivity index (χ4n) is 1.11. The summed E-state index contributed by atoms with van der Waals surface area (Å²) in [6.45, 7) is 0. The van der Waals surface area contributed by atoms with Gasteiger partial charge < -0.3 is 0 Å². The zero-order valence-corrected chi connectivity index (χ0v) is 11.0. The molecule has 0 aliphatic heterocycles. The summed E-state index contributed by atoms with van der Waals surface area (Å²) < 4.78 is 0.635. The maximum Gasteiger partial charge on any atom is 1.00 e. The van der Waals surface area contributed by atoms with Crippen molar-refractivity contribution in [2.45, 2.75) is 0 Å². The molecule has 2 rings (SSSR count). The third-order valence-corrected chi connectivity index (χ3v) is 2.65. The van der Waals surface area contributed by atoms with Crippen molar-refractivity contribution in [2.24, 2.45) is 5.29 Å². The predicted octanol–water partition coefficient (Wildman–Crippen LogP) is -0.698. The van der Waals surface area contributed by atoms with Gasteiger partial charge in [0, 0.05) is 12.1 Å². The molecule has 0 saturated carbocycles. The molecule has 1 heterocycles. The topological polar surface area (TPSA) is 97.5 Å². The molecule has 0 amide bonds. The Balaban J connectivity index is 0.00000128. The van der Waals surface area contributed by atoms with E-state index < -0.39 is 4.92 Å². The Morgan fingerprint density at radius 3 is 2.88 bits per heavy atom. The molecule has 0 fully saturated rings. The molecule has 0 spiro atoms. The van der Waals surface area contributed by atoms with Crippen LogP contribution in [0.5, 0.6) is 0 Å². The number of nitro benzene ring substituents is 1. The largest absolute Gasteiger partial charge is 1.00 e. The van der Waals surface area contributed by atoms with Gasteiger partial charge in [-0.2, -0.15) is 0 Å². The van der Waals surface area contributed by atoms with Crippen LogP contribution < -0.4 is 35.0 Å². The van der Waals surface area contributed by atoms with Crippen LogP contribution in [0.3, 0.4) is 0 Å². The van der Waals surface area contributed by atoms with Gasteiger partial charge in [-0.1, -0.05) is 11.3 Å². The number of rotatable bonds is 3. The van der Waals surface area contributed by atoms with Crippen molar-refractivity contribution in [2.75, 3.05) is 5.43 Å². The first-order chi connectivity index (χ1) is 7.20.